The van der Waals surface area contributed by atoms with E-state index in [2.05, 4.69) is 0 Å². The van der Waals surface area contributed by atoms with Gasteiger partial charge in [-0.15, -0.1) is 12.4 Å². The lowest BCUT2D eigenvalue weighted by Gasteiger charge is -2.29. The number of carbonyl (C=O) groups excluding carboxylic acids is 1. The summed E-state index contributed by atoms with van der Waals surface area (Å²) in [6.07, 6.45) is 1.07. The van der Waals surface area contributed by atoms with Gasteiger partial charge in [-0.25, -0.2) is 4.39 Å². The third-order valence-electron chi connectivity index (χ3n) is 3.79. The van der Waals surface area contributed by atoms with E-state index in [0.717, 1.165) is 12.0 Å². The highest BCUT2D eigenvalue weighted by atomic mass is 35.5. The molecule has 1 heterocycles. The maximum absolute atomic E-state index is 13.3. The minimum atomic E-state index is -0.422. The average molecular weight is 331 g/mol. The first-order valence-electron chi connectivity index (χ1n) is 7.41. The van der Waals surface area contributed by atoms with Crippen LogP contribution in [-0.4, -0.2) is 35.6 Å². The second kappa shape index (κ2) is 8.46. The molecule has 0 aromatic heterocycles. The Balaban J connectivity index is 0.00000242. The van der Waals surface area contributed by atoms with E-state index >= 15 is 0 Å². The first-order valence-corrected chi connectivity index (χ1v) is 7.41. The molecule has 1 fully saturated rings. The quantitative estimate of drug-likeness (QED) is 0.902. The normalized spacial score (nSPS) is 20.8. The number of nitrogens with zero attached hydrogens (tertiary/aromatic N) is 1. The highest BCUT2D eigenvalue weighted by Gasteiger charge is 2.33. The number of hydrogen-bond donors (Lipinski definition) is 1. The third-order valence-corrected chi connectivity index (χ3v) is 3.79. The maximum atomic E-state index is 13.3. The molecular formula is C16H24ClFN2O2. The molecule has 0 bridgehead atoms. The second-order valence-corrected chi connectivity index (χ2v) is 5.75. The molecule has 6 heteroatoms. The minimum absolute atomic E-state index is 0. The first-order chi connectivity index (χ1) is 10.0. The van der Waals surface area contributed by atoms with E-state index in [1.54, 1.807) is 11.0 Å². The Morgan fingerprint density at radius 2 is 2.18 bits per heavy atom. The summed E-state index contributed by atoms with van der Waals surface area (Å²) in [4.78, 5) is 14.3. The summed E-state index contributed by atoms with van der Waals surface area (Å²) in [6.45, 7) is 4.73. The van der Waals surface area contributed by atoms with E-state index in [9.17, 15) is 9.18 Å². The fourth-order valence-corrected chi connectivity index (χ4v) is 2.59. The van der Waals surface area contributed by atoms with Crippen molar-refractivity contribution >= 4 is 18.3 Å². The number of halogens is 2. The number of nitrogens with two attached hydrogens (primary N) is 1. The van der Waals surface area contributed by atoms with Crippen LogP contribution in [0.25, 0.3) is 0 Å². The molecular weight excluding hydrogens is 307 g/mol. The molecule has 4 nitrogen and oxygen atoms in total. The van der Waals surface area contributed by atoms with Crippen LogP contribution in [0.5, 0.6) is 0 Å². The lowest BCUT2D eigenvalue weighted by Crippen LogP contribution is -2.43. The number of hydrogen-bond acceptors (Lipinski definition) is 3. The minimum Gasteiger partial charge on any atom is -0.364 e. The largest absolute Gasteiger partial charge is 0.364 e. The number of rotatable bonds is 5. The molecule has 2 atom stereocenters. The summed E-state index contributed by atoms with van der Waals surface area (Å²) in [5.74, 6) is -0.325. The number of ether oxygens (including phenoxy) is 1. The zero-order valence-electron chi connectivity index (χ0n) is 13.0. The molecule has 0 radical (unpaired) electrons. The fraction of sp³-hybridized carbons (Fsp3) is 0.562. The van der Waals surface area contributed by atoms with Crippen LogP contribution in [0.15, 0.2) is 24.3 Å². The Hall–Kier alpha value is -1.17. The topological polar surface area (TPSA) is 55.6 Å². The Labute approximate surface area is 137 Å². The summed E-state index contributed by atoms with van der Waals surface area (Å²) < 4.78 is 19.0. The Bertz CT molecular complexity index is 499. The SMILES string of the molecule is CC(C)N(Cc1cccc(F)c1)C(=O)[C@@H]1CC[C@H](CN)O1.Cl. The Kier molecular flexibility index (Phi) is 7.26. The molecule has 0 aliphatic carbocycles. The van der Waals surface area contributed by atoms with Gasteiger partial charge in [0.25, 0.3) is 5.91 Å². The van der Waals surface area contributed by atoms with Crippen molar-refractivity contribution in [3.8, 4) is 0 Å². The zero-order chi connectivity index (χ0) is 15.4. The zero-order valence-corrected chi connectivity index (χ0v) is 13.8. The van der Waals surface area contributed by atoms with E-state index in [4.69, 9.17) is 10.5 Å². The molecule has 1 saturated heterocycles. The van der Waals surface area contributed by atoms with Crippen molar-refractivity contribution in [2.45, 2.75) is 51.5 Å². The third kappa shape index (κ3) is 4.66. The van der Waals surface area contributed by atoms with Crippen LogP contribution in [0.1, 0.15) is 32.3 Å². The molecule has 0 spiro atoms. The van der Waals surface area contributed by atoms with E-state index in [1.165, 1.54) is 12.1 Å². The van der Waals surface area contributed by atoms with Crippen LogP contribution in [-0.2, 0) is 16.1 Å². The van der Waals surface area contributed by atoms with Gasteiger partial charge < -0.3 is 15.4 Å². The van der Waals surface area contributed by atoms with Crippen LogP contribution in [0, 0.1) is 5.82 Å². The van der Waals surface area contributed by atoms with Crippen LogP contribution in [0.2, 0.25) is 0 Å². The predicted octanol–water partition coefficient (Wildman–Crippen LogP) is 2.49. The maximum Gasteiger partial charge on any atom is 0.252 e. The fourth-order valence-electron chi connectivity index (χ4n) is 2.59. The molecule has 22 heavy (non-hydrogen) atoms. The molecule has 1 aromatic rings. The summed E-state index contributed by atoms with van der Waals surface area (Å²) in [7, 11) is 0. The lowest BCUT2D eigenvalue weighted by molar-refractivity contribution is -0.145. The molecule has 1 aromatic carbocycles. The van der Waals surface area contributed by atoms with Gasteiger partial charge in [0.2, 0.25) is 0 Å². The van der Waals surface area contributed by atoms with E-state index in [1.807, 2.05) is 19.9 Å². The standard InChI is InChI=1S/C16H23FN2O2.ClH/c1-11(2)19(10-12-4-3-5-13(17)8-12)16(20)15-7-6-14(9-18)21-15;/h3-5,8,11,14-15H,6-7,9-10,18H2,1-2H3;1H/t14-,15+;/m1./s1. The first kappa shape index (κ1) is 18.9. The summed E-state index contributed by atoms with van der Waals surface area (Å²) in [5, 5.41) is 0. The molecule has 1 amide bonds. The highest BCUT2D eigenvalue weighted by molar-refractivity contribution is 5.85. The lowest BCUT2D eigenvalue weighted by atomic mass is 10.1. The van der Waals surface area contributed by atoms with Crippen LogP contribution >= 0.6 is 12.4 Å². The van der Waals surface area contributed by atoms with Crippen molar-refractivity contribution in [3.63, 3.8) is 0 Å². The molecule has 1 aliphatic heterocycles. The number of benzene rings is 1. The molecule has 2 rings (SSSR count). The molecule has 0 saturated carbocycles. The van der Waals surface area contributed by atoms with Crippen molar-refractivity contribution in [3.05, 3.63) is 35.6 Å². The van der Waals surface area contributed by atoms with Gasteiger partial charge in [0.05, 0.1) is 6.10 Å². The van der Waals surface area contributed by atoms with Gasteiger partial charge in [-0.3, -0.25) is 4.79 Å². The van der Waals surface area contributed by atoms with Crippen LogP contribution < -0.4 is 5.73 Å². The van der Waals surface area contributed by atoms with Gasteiger partial charge in [-0.2, -0.15) is 0 Å². The van der Waals surface area contributed by atoms with Crippen molar-refractivity contribution in [2.24, 2.45) is 5.73 Å². The van der Waals surface area contributed by atoms with Gasteiger partial charge >= 0.3 is 0 Å². The molecule has 124 valence electrons. The van der Waals surface area contributed by atoms with Gasteiger partial charge in [-0.05, 0) is 44.4 Å². The van der Waals surface area contributed by atoms with E-state index < -0.39 is 6.10 Å². The van der Waals surface area contributed by atoms with Crippen molar-refractivity contribution in [2.75, 3.05) is 6.54 Å². The Morgan fingerprint density at radius 1 is 1.45 bits per heavy atom. The van der Waals surface area contributed by atoms with Crippen LogP contribution in [0.4, 0.5) is 4.39 Å². The monoisotopic (exact) mass is 330 g/mol. The second-order valence-electron chi connectivity index (χ2n) is 5.75. The summed E-state index contributed by atoms with van der Waals surface area (Å²) >= 11 is 0. The van der Waals surface area contributed by atoms with Gasteiger partial charge in [0, 0.05) is 19.1 Å². The highest BCUT2D eigenvalue weighted by Crippen LogP contribution is 2.22. The number of carbonyl (C=O) groups is 1. The molecule has 0 unspecified atom stereocenters. The van der Waals surface area contributed by atoms with Crippen LogP contribution in [0.3, 0.4) is 0 Å². The molecule has 2 N–H and O–H groups in total. The van der Waals surface area contributed by atoms with E-state index in [-0.39, 0.29) is 36.3 Å². The van der Waals surface area contributed by atoms with Gasteiger partial charge in [-0.1, -0.05) is 12.1 Å². The van der Waals surface area contributed by atoms with Crippen molar-refractivity contribution < 1.29 is 13.9 Å². The summed E-state index contributed by atoms with van der Waals surface area (Å²) in [6, 6.07) is 6.37. The smallest absolute Gasteiger partial charge is 0.252 e. The predicted molar refractivity (Wildman–Crippen MR) is 86.3 cm³/mol. The Morgan fingerprint density at radius 3 is 2.73 bits per heavy atom. The van der Waals surface area contributed by atoms with Crippen molar-refractivity contribution in [1.29, 1.82) is 0 Å². The van der Waals surface area contributed by atoms with E-state index in [0.29, 0.717) is 19.5 Å². The summed E-state index contributed by atoms with van der Waals surface area (Å²) in [5.41, 5.74) is 6.36. The average Bonchev–Trinajstić information content (AvgIpc) is 2.93. The van der Waals surface area contributed by atoms with Gasteiger partial charge in [0.15, 0.2) is 0 Å². The van der Waals surface area contributed by atoms with Gasteiger partial charge in [0.1, 0.15) is 11.9 Å². The molecule has 1 aliphatic rings. The van der Waals surface area contributed by atoms with Crippen molar-refractivity contribution in [1.82, 2.24) is 4.90 Å². The number of amides is 1.